The molecule has 1 atom stereocenters. The first-order valence-electron chi connectivity index (χ1n) is 7.43. The van der Waals surface area contributed by atoms with Crippen molar-refractivity contribution in [2.24, 2.45) is 0 Å². The molecule has 0 aliphatic rings. The van der Waals surface area contributed by atoms with E-state index in [0.29, 0.717) is 13.0 Å². The zero-order valence-electron chi connectivity index (χ0n) is 13.7. The lowest BCUT2D eigenvalue weighted by atomic mass is 9.95. The second kappa shape index (κ2) is 7.46. The van der Waals surface area contributed by atoms with Crippen molar-refractivity contribution < 1.29 is 14.6 Å². The lowest BCUT2D eigenvalue weighted by Crippen LogP contribution is -2.47. The summed E-state index contributed by atoms with van der Waals surface area (Å²) in [5.41, 5.74) is 2.70. The van der Waals surface area contributed by atoms with Crippen molar-refractivity contribution >= 4 is 5.97 Å². The third-order valence-electron chi connectivity index (χ3n) is 4.21. The highest BCUT2D eigenvalue weighted by Gasteiger charge is 2.30. The molecule has 0 fully saturated rings. The quantitative estimate of drug-likeness (QED) is 0.723. The molecule has 0 amide bonds. The fourth-order valence-electron chi connectivity index (χ4n) is 2.24. The highest BCUT2D eigenvalue weighted by Crippen LogP contribution is 2.26. The van der Waals surface area contributed by atoms with Crippen LogP contribution in [0.2, 0.25) is 0 Å². The Morgan fingerprint density at radius 3 is 2.43 bits per heavy atom. The second-order valence-electron chi connectivity index (χ2n) is 5.85. The van der Waals surface area contributed by atoms with Gasteiger partial charge in [0.1, 0.15) is 11.3 Å². The van der Waals surface area contributed by atoms with Gasteiger partial charge >= 0.3 is 5.97 Å². The van der Waals surface area contributed by atoms with Gasteiger partial charge in [-0.15, -0.1) is 0 Å². The van der Waals surface area contributed by atoms with Gasteiger partial charge in [-0.05, 0) is 70.7 Å². The van der Waals surface area contributed by atoms with Crippen LogP contribution in [0.3, 0.4) is 0 Å². The average Bonchev–Trinajstić information content (AvgIpc) is 2.45. The van der Waals surface area contributed by atoms with E-state index in [9.17, 15) is 9.90 Å². The van der Waals surface area contributed by atoms with E-state index in [1.807, 2.05) is 6.92 Å². The lowest BCUT2D eigenvalue weighted by molar-refractivity contribution is -0.144. The van der Waals surface area contributed by atoms with Crippen molar-refractivity contribution in [2.75, 3.05) is 13.7 Å². The van der Waals surface area contributed by atoms with Crippen LogP contribution < -0.4 is 10.1 Å². The van der Waals surface area contributed by atoms with E-state index in [-0.39, 0.29) is 0 Å². The maximum atomic E-state index is 11.2. The number of hydrogen-bond acceptors (Lipinski definition) is 3. The summed E-state index contributed by atoms with van der Waals surface area (Å²) in [4.78, 5) is 11.2. The number of nitrogens with one attached hydrogen (secondary N) is 1. The zero-order chi connectivity index (χ0) is 16.0. The Morgan fingerprint density at radius 2 is 1.86 bits per heavy atom. The van der Waals surface area contributed by atoms with E-state index in [4.69, 9.17) is 4.74 Å². The first kappa shape index (κ1) is 17.5. The number of likely N-dealkylation sites (N-methyl/N-ethyl adjacent to an activating group) is 1. The van der Waals surface area contributed by atoms with Crippen molar-refractivity contribution in [2.45, 2.75) is 52.5 Å². The Labute approximate surface area is 127 Å². The summed E-state index contributed by atoms with van der Waals surface area (Å²) in [6.45, 7) is 8.52. The maximum Gasteiger partial charge on any atom is 0.323 e. The summed E-state index contributed by atoms with van der Waals surface area (Å²) in [7, 11) is 1.68. The van der Waals surface area contributed by atoms with Crippen LogP contribution in [0.4, 0.5) is 0 Å². The van der Waals surface area contributed by atoms with E-state index in [2.05, 4.69) is 31.3 Å². The molecule has 2 N–H and O–H groups in total. The number of carbonyl (C=O) groups is 1. The van der Waals surface area contributed by atoms with Gasteiger partial charge < -0.3 is 15.2 Å². The molecule has 4 heteroatoms. The number of aliphatic carboxylic acids is 1. The highest BCUT2D eigenvalue weighted by molar-refractivity contribution is 5.78. The molecule has 1 aromatic rings. The monoisotopic (exact) mass is 293 g/mol. The fraction of sp³-hybridized carbons (Fsp3) is 0.588. The van der Waals surface area contributed by atoms with Gasteiger partial charge in [-0.1, -0.05) is 12.1 Å². The minimum absolute atomic E-state index is 0.591. The molecular formula is C17H27NO3. The molecule has 0 bridgehead atoms. The minimum atomic E-state index is -0.852. The van der Waals surface area contributed by atoms with E-state index in [1.165, 1.54) is 11.1 Å². The first-order valence-corrected chi connectivity index (χ1v) is 7.43. The van der Waals surface area contributed by atoms with Crippen LogP contribution in [0, 0.1) is 20.8 Å². The molecule has 0 aliphatic carbocycles. The van der Waals surface area contributed by atoms with Gasteiger partial charge in [0.2, 0.25) is 0 Å². The van der Waals surface area contributed by atoms with Gasteiger partial charge in [-0.2, -0.15) is 0 Å². The second-order valence-corrected chi connectivity index (χ2v) is 5.85. The van der Waals surface area contributed by atoms with Crippen molar-refractivity contribution in [1.82, 2.24) is 5.32 Å². The number of carboxylic acids is 1. The molecule has 0 spiro atoms. The smallest absolute Gasteiger partial charge is 0.323 e. The van der Waals surface area contributed by atoms with E-state index < -0.39 is 11.5 Å². The highest BCUT2D eigenvalue weighted by atomic mass is 16.5. The third kappa shape index (κ3) is 4.46. The number of benzene rings is 1. The minimum Gasteiger partial charge on any atom is -0.493 e. The van der Waals surface area contributed by atoms with E-state index in [1.54, 1.807) is 14.0 Å². The van der Waals surface area contributed by atoms with Crippen LogP contribution in [-0.2, 0) is 4.79 Å². The molecule has 0 aliphatic heterocycles. The molecular weight excluding hydrogens is 266 g/mol. The number of aryl methyl sites for hydroxylation is 2. The SMILES string of the molecule is CNC(C)(CCCCOc1c(C)ccc(C)c1C)C(=O)O. The fourth-order valence-corrected chi connectivity index (χ4v) is 2.24. The molecule has 21 heavy (non-hydrogen) atoms. The van der Waals surface area contributed by atoms with Gasteiger partial charge in [0.25, 0.3) is 0 Å². The normalized spacial score (nSPS) is 13.8. The maximum absolute atomic E-state index is 11.2. The molecule has 0 saturated heterocycles. The summed E-state index contributed by atoms with van der Waals surface area (Å²) < 4.78 is 5.89. The van der Waals surface area contributed by atoms with Crippen LogP contribution in [0.1, 0.15) is 42.9 Å². The molecule has 0 aromatic heterocycles. The molecule has 0 saturated carbocycles. The standard InChI is InChI=1S/C17H27NO3/c1-12-8-9-13(2)15(14(12)3)21-11-7-6-10-17(4,18-5)16(19)20/h8-9,18H,6-7,10-11H2,1-5H3,(H,19,20). The zero-order valence-corrected chi connectivity index (χ0v) is 13.7. The average molecular weight is 293 g/mol. The van der Waals surface area contributed by atoms with Crippen molar-refractivity contribution in [3.05, 3.63) is 28.8 Å². The Morgan fingerprint density at radius 1 is 1.24 bits per heavy atom. The first-order chi connectivity index (χ1) is 9.81. The predicted octanol–water partition coefficient (Wildman–Crippen LogP) is 3.22. The predicted molar refractivity (Wildman–Crippen MR) is 85.1 cm³/mol. The lowest BCUT2D eigenvalue weighted by Gasteiger charge is -2.24. The van der Waals surface area contributed by atoms with Crippen LogP contribution >= 0.6 is 0 Å². The Balaban J connectivity index is 2.46. The summed E-state index contributed by atoms with van der Waals surface area (Å²) in [5, 5.41) is 12.0. The van der Waals surface area contributed by atoms with Gasteiger partial charge in [0.05, 0.1) is 6.61 Å². The molecule has 4 nitrogen and oxygen atoms in total. The van der Waals surface area contributed by atoms with Crippen LogP contribution in [0.5, 0.6) is 5.75 Å². The Hall–Kier alpha value is -1.55. The molecule has 1 aromatic carbocycles. The molecule has 1 unspecified atom stereocenters. The third-order valence-corrected chi connectivity index (χ3v) is 4.21. The molecule has 0 heterocycles. The van der Waals surface area contributed by atoms with Crippen molar-refractivity contribution in [3.8, 4) is 5.75 Å². The molecule has 118 valence electrons. The van der Waals surface area contributed by atoms with Crippen molar-refractivity contribution in [3.63, 3.8) is 0 Å². The molecule has 1 rings (SSSR count). The van der Waals surface area contributed by atoms with E-state index >= 15 is 0 Å². The van der Waals surface area contributed by atoms with E-state index in [0.717, 1.165) is 24.2 Å². The van der Waals surface area contributed by atoms with Crippen LogP contribution in [0.15, 0.2) is 12.1 Å². The van der Waals surface area contributed by atoms with Crippen molar-refractivity contribution in [1.29, 1.82) is 0 Å². The summed E-state index contributed by atoms with van der Waals surface area (Å²) in [6.07, 6.45) is 2.25. The van der Waals surface area contributed by atoms with Gasteiger partial charge in [0.15, 0.2) is 0 Å². The van der Waals surface area contributed by atoms with Gasteiger partial charge in [0, 0.05) is 0 Å². The van der Waals surface area contributed by atoms with Crippen LogP contribution in [0.25, 0.3) is 0 Å². The number of unbranched alkanes of at least 4 members (excludes halogenated alkanes) is 1. The summed E-state index contributed by atoms with van der Waals surface area (Å²) in [6, 6.07) is 4.17. The Bertz CT molecular complexity index is 499. The van der Waals surface area contributed by atoms with Gasteiger partial charge in [-0.3, -0.25) is 4.79 Å². The summed E-state index contributed by atoms with van der Waals surface area (Å²) >= 11 is 0. The number of rotatable bonds is 8. The largest absolute Gasteiger partial charge is 0.493 e. The Kier molecular flexibility index (Phi) is 6.21. The van der Waals surface area contributed by atoms with Crippen LogP contribution in [-0.4, -0.2) is 30.3 Å². The van der Waals surface area contributed by atoms with Gasteiger partial charge in [-0.25, -0.2) is 0 Å². The number of hydrogen-bond donors (Lipinski definition) is 2. The number of ether oxygens (including phenoxy) is 1. The number of carboxylic acid groups (broad SMARTS) is 1. The molecule has 0 radical (unpaired) electrons. The topological polar surface area (TPSA) is 58.6 Å². The summed E-state index contributed by atoms with van der Waals surface area (Å²) in [5.74, 6) is 0.154.